The van der Waals surface area contributed by atoms with Crippen molar-refractivity contribution in [2.24, 2.45) is 0 Å². The molecule has 0 spiro atoms. The van der Waals surface area contributed by atoms with Crippen molar-refractivity contribution in [2.45, 2.75) is 26.5 Å². The smallest absolute Gasteiger partial charge is 0.202 e. The maximum absolute atomic E-state index is 5.65. The van der Waals surface area contributed by atoms with Crippen LogP contribution in [0.15, 0.2) is 30.3 Å². The van der Waals surface area contributed by atoms with Gasteiger partial charge in [-0.2, -0.15) is 4.37 Å². The number of aromatic nitrogens is 2. The van der Waals surface area contributed by atoms with Gasteiger partial charge in [-0.25, -0.2) is 4.98 Å². The molecule has 1 N–H and O–H groups in total. The van der Waals surface area contributed by atoms with Crippen molar-refractivity contribution in [1.82, 2.24) is 9.36 Å². The molecule has 1 unspecified atom stereocenters. The molecule has 1 aromatic carbocycles. The lowest BCUT2D eigenvalue weighted by atomic mass is 10.2. The van der Waals surface area contributed by atoms with Crippen LogP contribution in [0.3, 0.4) is 0 Å². The van der Waals surface area contributed by atoms with E-state index in [1.165, 1.54) is 17.1 Å². The fourth-order valence-corrected chi connectivity index (χ4v) is 2.22. The minimum atomic E-state index is 0.223. The average molecular weight is 263 g/mol. The minimum absolute atomic E-state index is 0.223. The Labute approximate surface area is 111 Å². The molecule has 96 valence electrons. The summed E-state index contributed by atoms with van der Waals surface area (Å²) >= 11 is 1.38. The highest BCUT2D eigenvalue weighted by molar-refractivity contribution is 7.09. The Balaban J connectivity index is 1.70. The van der Waals surface area contributed by atoms with Crippen molar-refractivity contribution in [3.05, 3.63) is 41.7 Å². The van der Waals surface area contributed by atoms with E-state index in [9.17, 15) is 0 Å². The number of nitrogens with one attached hydrogen (secondary N) is 1. The fourth-order valence-electron chi connectivity index (χ4n) is 1.54. The molecule has 0 saturated carbocycles. The predicted molar refractivity (Wildman–Crippen MR) is 73.8 cm³/mol. The van der Waals surface area contributed by atoms with Gasteiger partial charge in [-0.15, -0.1) is 0 Å². The summed E-state index contributed by atoms with van der Waals surface area (Å²) in [6.45, 7) is 5.25. The normalized spacial score (nSPS) is 12.3. The zero-order chi connectivity index (χ0) is 12.8. The Morgan fingerprint density at radius 3 is 2.78 bits per heavy atom. The summed E-state index contributed by atoms with van der Waals surface area (Å²) in [6.07, 6.45) is 0. The van der Waals surface area contributed by atoms with E-state index in [-0.39, 0.29) is 6.04 Å². The molecule has 0 amide bonds. The third-order valence-electron chi connectivity index (χ3n) is 2.38. The van der Waals surface area contributed by atoms with Crippen LogP contribution in [0.1, 0.15) is 18.3 Å². The lowest BCUT2D eigenvalue weighted by Crippen LogP contribution is -2.21. The second-order valence-corrected chi connectivity index (χ2v) is 4.94. The van der Waals surface area contributed by atoms with Gasteiger partial charge in [-0.3, -0.25) is 0 Å². The van der Waals surface area contributed by atoms with Crippen molar-refractivity contribution in [2.75, 3.05) is 11.9 Å². The van der Waals surface area contributed by atoms with Gasteiger partial charge in [0.05, 0.1) is 13.2 Å². The lowest BCUT2D eigenvalue weighted by molar-refractivity contribution is 0.115. The third-order valence-corrected chi connectivity index (χ3v) is 3.11. The van der Waals surface area contributed by atoms with E-state index in [1.807, 2.05) is 25.1 Å². The Bertz CT molecular complexity index is 472. The van der Waals surface area contributed by atoms with Crippen LogP contribution in [0.5, 0.6) is 0 Å². The van der Waals surface area contributed by atoms with Gasteiger partial charge >= 0.3 is 0 Å². The maximum atomic E-state index is 5.65. The fraction of sp³-hybridized carbons (Fsp3) is 0.385. The van der Waals surface area contributed by atoms with Gasteiger partial charge in [0.15, 0.2) is 0 Å². The summed E-state index contributed by atoms with van der Waals surface area (Å²) in [6, 6.07) is 10.4. The van der Waals surface area contributed by atoms with Crippen LogP contribution < -0.4 is 5.32 Å². The van der Waals surface area contributed by atoms with Crippen LogP contribution in [0.25, 0.3) is 0 Å². The quantitative estimate of drug-likeness (QED) is 0.870. The molecule has 4 nitrogen and oxygen atoms in total. The highest BCUT2D eigenvalue weighted by Gasteiger charge is 2.05. The van der Waals surface area contributed by atoms with Crippen molar-refractivity contribution in [3.8, 4) is 0 Å². The Morgan fingerprint density at radius 2 is 2.11 bits per heavy atom. The molecule has 0 aliphatic heterocycles. The van der Waals surface area contributed by atoms with E-state index in [0.717, 1.165) is 11.0 Å². The molecule has 0 aliphatic carbocycles. The summed E-state index contributed by atoms with van der Waals surface area (Å²) in [4.78, 5) is 4.26. The molecule has 1 heterocycles. The number of ether oxygens (including phenoxy) is 1. The minimum Gasteiger partial charge on any atom is -0.375 e. The summed E-state index contributed by atoms with van der Waals surface area (Å²) in [5.41, 5.74) is 1.19. The molecule has 5 heteroatoms. The molecular weight excluding hydrogens is 246 g/mol. The van der Waals surface area contributed by atoms with Crippen LogP contribution in [-0.2, 0) is 11.3 Å². The topological polar surface area (TPSA) is 47.0 Å². The van der Waals surface area contributed by atoms with Crippen molar-refractivity contribution in [3.63, 3.8) is 0 Å². The zero-order valence-electron chi connectivity index (χ0n) is 10.6. The summed E-state index contributed by atoms with van der Waals surface area (Å²) in [5.74, 6) is 0.805. The number of anilines is 1. The first-order valence-electron chi connectivity index (χ1n) is 5.92. The number of hydrogen-bond acceptors (Lipinski definition) is 5. The van der Waals surface area contributed by atoms with Gasteiger partial charge in [0, 0.05) is 17.6 Å². The largest absolute Gasteiger partial charge is 0.375 e. The Kier molecular flexibility index (Phi) is 4.66. The highest BCUT2D eigenvalue weighted by Crippen LogP contribution is 2.11. The van der Waals surface area contributed by atoms with E-state index < -0.39 is 0 Å². The van der Waals surface area contributed by atoms with Crippen molar-refractivity contribution >= 4 is 16.7 Å². The third kappa shape index (κ3) is 4.09. The molecule has 0 radical (unpaired) electrons. The molecule has 0 aliphatic rings. The Hall–Kier alpha value is -1.46. The molecule has 2 rings (SSSR count). The van der Waals surface area contributed by atoms with Gasteiger partial charge in [0.25, 0.3) is 0 Å². The molecule has 2 aromatic rings. The molecule has 0 fully saturated rings. The van der Waals surface area contributed by atoms with Gasteiger partial charge in [-0.1, -0.05) is 30.3 Å². The molecule has 0 bridgehead atoms. The van der Waals surface area contributed by atoms with Crippen LogP contribution in [0.2, 0.25) is 0 Å². The van der Waals surface area contributed by atoms with Crippen molar-refractivity contribution in [1.29, 1.82) is 0 Å². The monoisotopic (exact) mass is 263 g/mol. The van der Waals surface area contributed by atoms with E-state index in [2.05, 4.69) is 33.7 Å². The van der Waals surface area contributed by atoms with E-state index >= 15 is 0 Å². The summed E-state index contributed by atoms with van der Waals surface area (Å²) in [7, 11) is 0. The van der Waals surface area contributed by atoms with Crippen molar-refractivity contribution < 1.29 is 4.74 Å². The zero-order valence-corrected chi connectivity index (χ0v) is 11.4. The molecule has 1 aromatic heterocycles. The number of rotatable bonds is 6. The van der Waals surface area contributed by atoms with Gasteiger partial charge < -0.3 is 10.1 Å². The second kappa shape index (κ2) is 6.47. The molecule has 0 saturated heterocycles. The van der Waals surface area contributed by atoms with E-state index in [1.54, 1.807) is 0 Å². The molecular formula is C13H17N3OS. The first kappa shape index (κ1) is 13.0. The van der Waals surface area contributed by atoms with Crippen LogP contribution in [-0.4, -0.2) is 22.0 Å². The first-order valence-corrected chi connectivity index (χ1v) is 6.70. The average Bonchev–Trinajstić information content (AvgIpc) is 2.76. The predicted octanol–water partition coefficient (Wildman–Crippen LogP) is 2.86. The second-order valence-electron chi connectivity index (χ2n) is 4.19. The van der Waals surface area contributed by atoms with Crippen LogP contribution in [0, 0.1) is 6.92 Å². The standard InChI is InChI=1S/C13H17N3OS/c1-10(14-13-15-11(2)16-18-13)8-17-9-12-6-4-3-5-7-12/h3-7,10H,8-9H2,1-2H3,(H,14,15,16). The first-order chi connectivity index (χ1) is 8.74. The summed E-state index contributed by atoms with van der Waals surface area (Å²) < 4.78 is 9.78. The SMILES string of the molecule is Cc1nsc(NC(C)COCc2ccccc2)n1. The van der Waals surface area contributed by atoms with Gasteiger partial charge in [0.2, 0.25) is 5.13 Å². The van der Waals surface area contributed by atoms with Crippen LogP contribution >= 0.6 is 11.5 Å². The van der Waals surface area contributed by atoms with E-state index in [4.69, 9.17) is 4.74 Å². The molecule has 18 heavy (non-hydrogen) atoms. The number of aryl methyl sites for hydroxylation is 1. The number of hydrogen-bond donors (Lipinski definition) is 1. The van der Waals surface area contributed by atoms with Crippen LogP contribution in [0.4, 0.5) is 5.13 Å². The summed E-state index contributed by atoms with van der Waals surface area (Å²) in [5, 5.41) is 4.12. The molecule has 1 atom stereocenters. The maximum Gasteiger partial charge on any atom is 0.202 e. The number of nitrogens with zero attached hydrogens (tertiary/aromatic N) is 2. The van der Waals surface area contributed by atoms with Gasteiger partial charge in [0.1, 0.15) is 5.82 Å². The number of benzene rings is 1. The van der Waals surface area contributed by atoms with Gasteiger partial charge in [-0.05, 0) is 19.4 Å². The highest BCUT2D eigenvalue weighted by atomic mass is 32.1. The Morgan fingerprint density at radius 1 is 1.33 bits per heavy atom. The lowest BCUT2D eigenvalue weighted by Gasteiger charge is -2.12. The van der Waals surface area contributed by atoms with E-state index in [0.29, 0.717) is 13.2 Å².